The highest BCUT2D eigenvalue weighted by atomic mass is 16.1. The number of hydrogen-bond donors (Lipinski definition) is 1. The van der Waals surface area contributed by atoms with Gasteiger partial charge < -0.3 is 19.9 Å². The number of carbonyl (C=O) groups excluding carboxylic acids is 1. The Bertz CT molecular complexity index is 449. The second-order valence-corrected chi connectivity index (χ2v) is 5.43. The number of anilines is 2. The van der Waals surface area contributed by atoms with Gasteiger partial charge in [-0.25, -0.2) is 0 Å². The molecule has 1 aromatic rings. The van der Waals surface area contributed by atoms with Gasteiger partial charge >= 0.3 is 0 Å². The van der Waals surface area contributed by atoms with Crippen LogP contribution < -0.4 is 10.2 Å². The van der Waals surface area contributed by atoms with Crippen LogP contribution in [0.5, 0.6) is 0 Å². The molecule has 6 nitrogen and oxygen atoms in total. The van der Waals surface area contributed by atoms with Crippen LogP contribution in [0.15, 0.2) is 0 Å². The fourth-order valence-electron chi connectivity index (χ4n) is 2.44. The molecule has 2 rings (SSSR count). The molecule has 1 aromatic heterocycles. The Morgan fingerprint density at radius 2 is 1.95 bits per heavy atom. The maximum absolute atomic E-state index is 10.4. The highest BCUT2D eigenvalue weighted by Gasteiger charge is 2.21. The number of hydrogen-bond acceptors (Lipinski definition) is 5. The van der Waals surface area contributed by atoms with E-state index in [2.05, 4.69) is 34.2 Å². The van der Waals surface area contributed by atoms with Crippen LogP contribution in [0.1, 0.15) is 18.5 Å². The van der Waals surface area contributed by atoms with Crippen molar-refractivity contribution in [2.45, 2.75) is 19.8 Å². The normalized spacial score (nSPS) is 16.4. The summed E-state index contributed by atoms with van der Waals surface area (Å²) in [5.74, 6) is 1.05. The van der Waals surface area contributed by atoms with E-state index in [9.17, 15) is 4.79 Å². The highest BCUT2D eigenvalue weighted by molar-refractivity contribution is 5.69. The van der Waals surface area contributed by atoms with Gasteiger partial charge in [0, 0.05) is 46.2 Å². The third-order valence-electron chi connectivity index (χ3n) is 3.92. The average Bonchev–Trinajstić information content (AvgIpc) is 2.72. The van der Waals surface area contributed by atoms with E-state index in [1.165, 1.54) is 0 Å². The summed E-state index contributed by atoms with van der Waals surface area (Å²) in [5.41, 5.74) is 2.26. The third-order valence-corrected chi connectivity index (χ3v) is 3.92. The first-order valence-corrected chi connectivity index (χ1v) is 7.28. The van der Waals surface area contributed by atoms with Crippen molar-refractivity contribution in [2.75, 3.05) is 50.0 Å². The Balaban J connectivity index is 2.07. The minimum Gasteiger partial charge on any atom is -0.381 e. The molecule has 6 heteroatoms. The molecule has 0 atom stereocenters. The summed E-state index contributed by atoms with van der Waals surface area (Å²) in [6.45, 7) is 7.05. The zero-order valence-corrected chi connectivity index (χ0v) is 12.7. The van der Waals surface area contributed by atoms with Crippen LogP contribution in [0.4, 0.5) is 11.5 Å². The maximum Gasteiger partial charge on any atom is 0.174 e. The van der Waals surface area contributed by atoms with Gasteiger partial charge in [0.1, 0.15) is 12.0 Å². The van der Waals surface area contributed by atoms with E-state index < -0.39 is 0 Å². The zero-order chi connectivity index (χ0) is 14.5. The Labute approximate surface area is 120 Å². The van der Waals surface area contributed by atoms with E-state index in [4.69, 9.17) is 0 Å². The van der Waals surface area contributed by atoms with Gasteiger partial charge in [-0.05, 0) is 20.4 Å². The molecule has 0 aliphatic carbocycles. The van der Waals surface area contributed by atoms with Crippen LogP contribution in [0.2, 0.25) is 0 Å². The lowest BCUT2D eigenvalue weighted by molar-refractivity contribution is -0.107. The van der Waals surface area contributed by atoms with E-state index in [1.54, 1.807) is 0 Å². The average molecular weight is 279 g/mol. The Kier molecular flexibility index (Phi) is 5.00. The van der Waals surface area contributed by atoms with Crippen molar-refractivity contribution in [1.29, 1.82) is 0 Å². The fourth-order valence-corrected chi connectivity index (χ4v) is 2.44. The molecular weight excluding hydrogens is 254 g/mol. The first-order valence-electron chi connectivity index (χ1n) is 7.28. The van der Waals surface area contributed by atoms with Crippen molar-refractivity contribution in [3.8, 4) is 0 Å². The summed E-state index contributed by atoms with van der Waals surface area (Å²) in [6, 6.07) is 0. The molecule has 0 radical (unpaired) electrons. The minimum atomic E-state index is 0.607. The van der Waals surface area contributed by atoms with Gasteiger partial charge in [0.25, 0.3) is 0 Å². The molecule has 112 valence electrons. The first kappa shape index (κ1) is 14.8. The summed E-state index contributed by atoms with van der Waals surface area (Å²) < 4.78 is 1.93. The highest BCUT2D eigenvalue weighted by Crippen LogP contribution is 2.28. The number of nitrogens with zero attached hydrogens (tertiary/aromatic N) is 4. The lowest BCUT2D eigenvalue weighted by Crippen LogP contribution is -2.44. The van der Waals surface area contributed by atoms with E-state index in [0.29, 0.717) is 6.42 Å². The molecule has 1 aliphatic heterocycles. The number of aryl methyl sites for hydroxylation is 1. The Morgan fingerprint density at radius 1 is 1.25 bits per heavy atom. The summed E-state index contributed by atoms with van der Waals surface area (Å²) in [5, 5.41) is 8.10. The maximum atomic E-state index is 10.4. The Hall–Kier alpha value is -1.56. The number of piperazine rings is 1. The van der Waals surface area contributed by atoms with Gasteiger partial charge in [-0.2, -0.15) is 5.10 Å². The molecule has 1 saturated heterocycles. The van der Waals surface area contributed by atoms with E-state index in [0.717, 1.165) is 62.6 Å². The first-order chi connectivity index (χ1) is 9.63. The number of carbonyl (C=O) groups is 1. The quantitative estimate of drug-likeness (QED) is 0.618. The van der Waals surface area contributed by atoms with Crippen molar-refractivity contribution >= 4 is 17.8 Å². The fraction of sp³-hybridized carbons (Fsp3) is 0.714. The molecular formula is C14H25N5O. The third kappa shape index (κ3) is 3.30. The molecule has 0 spiro atoms. The van der Waals surface area contributed by atoms with Gasteiger partial charge in [-0.15, -0.1) is 0 Å². The molecule has 0 saturated carbocycles. The number of aldehydes is 1. The van der Waals surface area contributed by atoms with Gasteiger partial charge in [-0.1, -0.05) is 0 Å². The van der Waals surface area contributed by atoms with Crippen molar-refractivity contribution in [1.82, 2.24) is 14.7 Å². The molecule has 20 heavy (non-hydrogen) atoms. The molecule has 2 heterocycles. The molecule has 0 amide bonds. The van der Waals surface area contributed by atoms with Crippen LogP contribution in [0.3, 0.4) is 0 Å². The summed E-state index contributed by atoms with van der Waals surface area (Å²) in [4.78, 5) is 15.1. The second kappa shape index (κ2) is 6.74. The molecule has 0 unspecified atom stereocenters. The monoisotopic (exact) mass is 279 g/mol. The van der Waals surface area contributed by atoms with Gasteiger partial charge in [-0.3, -0.25) is 4.68 Å². The zero-order valence-electron chi connectivity index (χ0n) is 12.7. The van der Waals surface area contributed by atoms with Crippen molar-refractivity contribution in [2.24, 2.45) is 7.05 Å². The smallest absolute Gasteiger partial charge is 0.174 e. The van der Waals surface area contributed by atoms with Gasteiger partial charge in [0.2, 0.25) is 0 Å². The molecule has 0 aromatic carbocycles. The number of rotatable bonds is 6. The summed E-state index contributed by atoms with van der Waals surface area (Å²) in [6.07, 6.45) is 2.44. The number of unbranched alkanes of at least 4 members (excludes halogenated alkanes) is 1. The lowest BCUT2D eigenvalue weighted by Gasteiger charge is -2.33. The topological polar surface area (TPSA) is 53.4 Å². The summed E-state index contributed by atoms with van der Waals surface area (Å²) in [7, 11) is 4.13. The lowest BCUT2D eigenvalue weighted by atomic mass is 10.2. The SMILES string of the molecule is Cc1c(NCCCC=O)c(N2CCN(C)CC2)nn1C. The van der Waals surface area contributed by atoms with Crippen LogP contribution in [-0.4, -0.2) is 60.7 Å². The van der Waals surface area contributed by atoms with E-state index >= 15 is 0 Å². The minimum absolute atomic E-state index is 0.607. The van der Waals surface area contributed by atoms with Gasteiger partial charge in [0.05, 0.1) is 5.69 Å². The standard InChI is InChI=1S/C14H25N5O/c1-12-13(15-6-4-5-11-20)14(16-18(12)3)19-9-7-17(2)8-10-19/h11,15H,4-10H2,1-3H3. The molecule has 0 bridgehead atoms. The summed E-state index contributed by atoms with van der Waals surface area (Å²) >= 11 is 0. The number of nitrogens with one attached hydrogen (secondary N) is 1. The van der Waals surface area contributed by atoms with Crippen LogP contribution in [0.25, 0.3) is 0 Å². The predicted octanol–water partition coefficient (Wildman–Crippen LogP) is 0.871. The molecule has 1 aliphatic rings. The van der Waals surface area contributed by atoms with Crippen LogP contribution in [0, 0.1) is 6.92 Å². The second-order valence-electron chi connectivity index (χ2n) is 5.43. The van der Waals surface area contributed by atoms with Crippen molar-refractivity contribution in [3.05, 3.63) is 5.69 Å². The van der Waals surface area contributed by atoms with Gasteiger partial charge in [0.15, 0.2) is 5.82 Å². The predicted molar refractivity (Wildman–Crippen MR) is 81.4 cm³/mol. The van der Waals surface area contributed by atoms with Crippen molar-refractivity contribution in [3.63, 3.8) is 0 Å². The number of likely N-dealkylation sites (N-methyl/N-ethyl adjacent to an activating group) is 1. The van der Waals surface area contributed by atoms with Crippen molar-refractivity contribution < 1.29 is 4.79 Å². The van der Waals surface area contributed by atoms with E-state index in [1.807, 2.05) is 11.7 Å². The van der Waals surface area contributed by atoms with Crippen LogP contribution in [-0.2, 0) is 11.8 Å². The van der Waals surface area contributed by atoms with E-state index in [-0.39, 0.29) is 0 Å². The number of aromatic nitrogens is 2. The largest absolute Gasteiger partial charge is 0.381 e. The van der Waals surface area contributed by atoms with Crippen LogP contribution >= 0.6 is 0 Å². The Morgan fingerprint density at radius 3 is 2.60 bits per heavy atom. The molecule has 1 fully saturated rings. The molecule has 1 N–H and O–H groups in total.